The van der Waals surface area contributed by atoms with Crippen molar-refractivity contribution in [2.75, 3.05) is 14.2 Å². The van der Waals surface area contributed by atoms with Crippen LogP contribution in [-0.4, -0.2) is 36.3 Å². The van der Waals surface area contributed by atoms with Gasteiger partial charge in [0.25, 0.3) is 0 Å². The van der Waals surface area contributed by atoms with Crippen LogP contribution in [0.1, 0.15) is 25.6 Å². The minimum Gasteiger partial charge on any atom is -0.354 e. The van der Waals surface area contributed by atoms with Crippen LogP contribution in [0.2, 0.25) is 0 Å². The maximum absolute atomic E-state index is 5.49. The van der Waals surface area contributed by atoms with E-state index in [0.717, 1.165) is 5.69 Å². The molecule has 0 saturated heterocycles. The van der Waals surface area contributed by atoms with Crippen LogP contribution in [0.5, 0.6) is 0 Å². The van der Waals surface area contributed by atoms with E-state index in [1.54, 1.807) is 14.2 Å². The van der Waals surface area contributed by atoms with Gasteiger partial charge in [0.2, 0.25) is 0 Å². The van der Waals surface area contributed by atoms with Crippen molar-refractivity contribution in [2.24, 2.45) is 5.84 Å². The summed E-state index contributed by atoms with van der Waals surface area (Å²) in [5.41, 5.74) is 3.65. The van der Waals surface area contributed by atoms with Crippen molar-refractivity contribution in [3.05, 3.63) is 18.0 Å². The molecule has 1 heterocycles. The van der Waals surface area contributed by atoms with Crippen molar-refractivity contribution in [1.82, 2.24) is 15.2 Å². The van der Waals surface area contributed by atoms with Gasteiger partial charge in [-0.3, -0.25) is 16.0 Å². The molecule has 0 saturated carbocycles. The molecule has 6 nitrogen and oxygen atoms in total. The Balaban J connectivity index is 2.66. The summed E-state index contributed by atoms with van der Waals surface area (Å²) >= 11 is 0. The number of rotatable bonds is 7. The summed E-state index contributed by atoms with van der Waals surface area (Å²) in [6, 6.07) is 2.21. The van der Waals surface area contributed by atoms with Crippen LogP contribution in [0.3, 0.4) is 0 Å². The lowest BCUT2D eigenvalue weighted by molar-refractivity contribution is -0.122. The van der Waals surface area contributed by atoms with E-state index in [2.05, 4.69) is 24.4 Å². The van der Waals surface area contributed by atoms with Gasteiger partial charge in [0.1, 0.15) is 0 Å². The predicted octanol–water partition coefficient (Wildman–Crippen LogP) is 0.457. The Kier molecular flexibility index (Phi) is 5.57. The molecule has 0 aromatic carbocycles. The van der Waals surface area contributed by atoms with Crippen LogP contribution in [0.15, 0.2) is 12.3 Å². The molecule has 0 fully saturated rings. The average Bonchev–Trinajstić information content (AvgIpc) is 2.78. The first-order valence-corrected chi connectivity index (χ1v) is 5.68. The Bertz CT molecular complexity index is 323. The Hall–Kier alpha value is -0.950. The lowest BCUT2D eigenvalue weighted by Gasteiger charge is -2.23. The highest BCUT2D eigenvalue weighted by atomic mass is 16.7. The van der Waals surface area contributed by atoms with Gasteiger partial charge in [0.05, 0.1) is 11.7 Å². The second kappa shape index (κ2) is 6.70. The van der Waals surface area contributed by atoms with Crippen molar-refractivity contribution < 1.29 is 9.47 Å². The molecule has 0 spiro atoms. The van der Waals surface area contributed by atoms with Crippen LogP contribution < -0.4 is 11.3 Å². The third kappa shape index (κ3) is 3.78. The molecule has 0 bridgehead atoms. The summed E-state index contributed by atoms with van der Waals surface area (Å²) in [6.07, 6.45) is 2.23. The fourth-order valence-electron chi connectivity index (χ4n) is 1.66. The smallest absolute Gasteiger partial charge is 0.173 e. The predicted molar refractivity (Wildman–Crippen MR) is 65.2 cm³/mol. The number of nitrogens with zero attached hydrogens (tertiary/aromatic N) is 2. The molecule has 1 rings (SSSR count). The van der Waals surface area contributed by atoms with E-state index in [1.165, 1.54) is 0 Å². The number of nitrogens with two attached hydrogens (primary N) is 1. The summed E-state index contributed by atoms with van der Waals surface area (Å²) in [5.74, 6) is 5.49. The van der Waals surface area contributed by atoms with E-state index >= 15 is 0 Å². The molecule has 0 radical (unpaired) electrons. The fraction of sp³-hybridized carbons (Fsp3) is 0.727. The molecule has 0 aliphatic heterocycles. The molecule has 1 unspecified atom stereocenters. The Morgan fingerprint density at radius 2 is 2.06 bits per heavy atom. The third-order valence-electron chi connectivity index (χ3n) is 2.63. The minimum atomic E-state index is -0.385. The van der Waals surface area contributed by atoms with Crippen molar-refractivity contribution in [2.45, 2.75) is 38.6 Å². The van der Waals surface area contributed by atoms with Gasteiger partial charge < -0.3 is 9.47 Å². The van der Waals surface area contributed by atoms with E-state index in [1.807, 2.05) is 16.9 Å². The molecular weight excluding hydrogens is 220 g/mol. The first-order valence-electron chi connectivity index (χ1n) is 5.68. The largest absolute Gasteiger partial charge is 0.354 e. The van der Waals surface area contributed by atoms with Gasteiger partial charge in [-0.05, 0) is 19.9 Å². The summed E-state index contributed by atoms with van der Waals surface area (Å²) in [7, 11) is 3.18. The molecule has 6 heteroatoms. The minimum absolute atomic E-state index is 0.125. The number of hydrazine groups is 1. The SMILES string of the molecule is COC(OC)C(Cc1ccn(C(C)C)n1)NN. The quantitative estimate of drug-likeness (QED) is 0.413. The zero-order chi connectivity index (χ0) is 12.8. The summed E-state index contributed by atoms with van der Waals surface area (Å²) < 4.78 is 12.3. The second-order valence-corrected chi connectivity index (χ2v) is 4.20. The molecule has 17 heavy (non-hydrogen) atoms. The summed E-state index contributed by atoms with van der Waals surface area (Å²) in [4.78, 5) is 0. The summed E-state index contributed by atoms with van der Waals surface area (Å²) in [6.45, 7) is 4.17. The second-order valence-electron chi connectivity index (χ2n) is 4.20. The number of aromatic nitrogens is 2. The van der Waals surface area contributed by atoms with Crippen LogP contribution in [0, 0.1) is 0 Å². The van der Waals surface area contributed by atoms with Gasteiger partial charge in [-0.15, -0.1) is 0 Å². The van der Waals surface area contributed by atoms with Crippen molar-refractivity contribution in [3.8, 4) is 0 Å². The van der Waals surface area contributed by atoms with E-state index < -0.39 is 0 Å². The van der Waals surface area contributed by atoms with E-state index in [0.29, 0.717) is 12.5 Å². The van der Waals surface area contributed by atoms with Gasteiger partial charge in [-0.1, -0.05) is 0 Å². The lowest BCUT2D eigenvalue weighted by Crippen LogP contribution is -2.47. The maximum atomic E-state index is 5.49. The highest BCUT2D eigenvalue weighted by Crippen LogP contribution is 2.09. The highest BCUT2D eigenvalue weighted by Gasteiger charge is 2.21. The Morgan fingerprint density at radius 1 is 1.41 bits per heavy atom. The number of hydrogen-bond donors (Lipinski definition) is 2. The fourth-order valence-corrected chi connectivity index (χ4v) is 1.66. The third-order valence-corrected chi connectivity index (χ3v) is 2.63. The first-order chi connectivity index (χ1) is 8.12. The number of hydrogen-bond acceptors (Lipinski definition) is 5. The van der Waals surface area contributed by atoms with E-state index in [9.17, 15) is 0 Å². The standard InChI is InChI=1S/C11H22N4O2/c1-8(2)15-6-5-9(14-15)7-10(13-12)11(16-3)17-4/h5-6,8,10-11,13H,7,12H2,1-4H3. The van der Waals surface area contributed by atoms with Gasteiger partial charge >= 0.3 is 0 Å². The molecule has 0 aliphatic carbocycles. The van der Waals surface area contributed by atoms with Crippen molar-refractivity contribution in [1.29, 1.82) is 0 Å². The molecule has 0 aliphatic rings. The van der Waals surface area contributed by atoms with Gasteiger partial charge in [0, 0.05) is 32.9 Å². The monoisotopic (exact) mass is 242 g/mol. The van der Waals surface area contributed by atoms with E-state index in [4.69, 9.17) is 15.3 Å². The molecule has 0 amide bonds. The lowest BCUT2D eigenvalue weighted by atomic mass is 10.1. The highest BCUT2D eigenvalue weighted by molar-refractivity contribution is 5.02. The van der Waals surface area contributed by atoms with Crippen LogP contribution in [0.4, 0.5) is 0 Å². The molecular formula is C11H22N4O2. The van der Waals surface area contributed by atoms with Crippen LogP contribution in [0.25, 0.3) is 0 Å². The normalized spacial score (nSPS) is 13.6. The van der Waals surface area contributed by atoms with Crippen molar-refractivity contribution in [3.63, 3.8) is 0 Å². The average molecular weight is 242 g/mol. The summed E-state index contributed by atoms with van der Waals surface area (Å²) in [5, 5.41) is 4.46. The molecule has 3 N–H and O–H groups in total. The van der Waals surface area contributed by atoms with E-state index in [-0.39, 0.29) is 12.3 Å². The number of methoxy groups -OCH3 is 2. The topological polar surface area (TPSA) is 74.3 Å². The molecule has 1 aromatic rings. The Morgan fingerprint density at radius 3 is 2.47 bits per heavy atom. The van der Waals surface area contributed by atoms with Gasteiger partial charge in [0.15, 0.2) is 6.29 Å². The molecule has 1 atom stereocenters. The number of nitrogens with one attached hydrogen (secondary N) is 1. The van der Waals surface area contributed by atoms with Gasteiger partial charge in [-0.2, -0.15) is 5.10 Å². The maximum Gasteiger partial charge on any atom is 0.173 e. The Labute approximate surface area is 102 Å². The zero-order valence-electron chi connectivity index (χ0n) is 10.9. The zero-order valence-corrected chi connectivity index (χ0v) is 10.9. The molecule has 98 valence electrons. The van der Waals surface area contributed by atoms with Crippen molar-refractivity contribution >= 4 is 0 Å². The molecule has 1 aromatic heterocycles. The van der Waals surface area contributed by atoms with Crippen LogP contribution in [-0.2, 0) is 15.9 Å². The van der Waals surface area contributed by atoms with Crippen LogP contribution >= 0.6 is 0 Å². The first kappa shape index (κ1) is 14.1. The van der Waals surface area contributed by atoms with Gasteiger partial charge in [-0.25, -0.2) is 0 Å². The number of ether oxygens (including phenoxy) is 2.